The maximum Gasteiger partial charge on any atom is 0.229 e. The zero-order valence-electron chi connectivity index (χ0n) is 18.2. The molecule has 162 valence electrons. The monoisotopic (exact) mass is 437 g/mol. The molecule has 0 bridgehead atoms. The number of thiazole rings is 1. The van der Waals surface area contributed by atoms with Crippen LogP contribution in [0.5, 0.6) is 0 Å². The summed E-state index contributed by atoms with van der Waals surface area (Å²) in [4.78, 5) is 25.1. The highest BCUT2D eigenvalue weighted by molar-refractivity contribution is 7.15. The second-order valence-corrected chi connectivity index (χ2v) is 9.54. The van der Waals surface area contributed by atoms with Crippen molar-refractivity contribution in [3.8, 4) is 21.8 Å². The molecule has 0 atom stereocenters. The lowest BCUT2D eigenvalue weighted by molar-refractivity contribution is -0.134. The van der Waals surface area contributed by atoms with Gasteiger partial charge in [0.25, 0.3) is 0 Å². The molecule has 0 N–H and O–H groups in total. The molecule has 1 saturated heterocycles. The van der Waals surface area contributed by atoms with Gasteiger partial charge in [-0.25, -0.2) is 4.98 Å². The fourth-order valence-electron chi connectivity index (χ4n) is 4.29. The highest BCUT2D eigenvalue weighted by atomic mass is 32.1. The molecule has 2 aliphatic rings. The first kappa shape index (κ1) is 20.3. The molecule has 0 unspecified atom stereocenters. The summed E-state index contributed by atoms with van der Waals surface area (Å²) in [6.45, 7) is 8.88. The van der Waals surface area contributed by atoms with E-state index in [1.807, 2.05) is 24.1 Å². The van der Waals surface area contributed by atoms with Crippen molar-refractivity contribution in [2.75, 3.05) is 26.3 Å². The Kier molecular flexibility index (Phi) is 5.35. The fourth-order valence-corrected chi connectivity index (χ4v) is 5.45. The zero-order chi connectivity index (χ0) is 21.5. The second kappa shape index (κ2) is 8.16. The van der Waals surface area contributed by atoms with Crippen LogP contribution in [0.3, 0.4) is 0 Å². The Bertz CT molecular complexity index is 1110. The third kappa shape index (κ3) is 3.78. The van der Waals surface area contributed by atoms with Crippen molar-refractivity contribution in [3.63, 3.8) is 0 Å². The van der Waals surface area contributed by atoms with Crippen molar-refractivity contribution in [3.05, 3.63) is 40.3 Å². The zero-order valence-corrected chi connectivity index (χ0v) is 19.0. The summed E-state index contributed by atoms with van der Waals surface area (Å²) < 4.78 is 7.48. The fraction of sp³-hybridized carbons (Fsp3) is 0.478. The number of carbonyl (C=O) groups is 1. The van der Waals surface area contributed by atoms with Crippen LogP contribution in [-0.4, -0.2) is 56.9 Å². The number of carbonyl (C=O) groups excluding carboxylic acids is 1. The van der Waals surface area contributed by atoms with E-state index in [-0.39, 0.29) is 11.9 Å². The van der Waals surface area contributed by atoms with Crippen LogP contribution in [0.2, 0.25) is 0 Å². The van der Waals surface area contributed by atoms with Gasteiger partial charge in [-0.1, -0.05) is 0 Å². The van der Waals surface area contributed by atoms with Gasteiger partial charge in [-0.3, -0.25) is 14.5 Å². The van der Waals surface area contributed by atoms with Crippen LogP contribution < -0.4 is 0 Å². The number of fused-ring (bicyclic) bond motifs is 3. The lowest BCUT2D eigenvalue weighted by Crippen LogP contribution is -2.41. The third-order valence-corrected chi connectivity index (χ3v) is 7.02. The van der Waals surface area contributed by atoms with Crippen LogP contribution in [0, 0.1) is 6.92 Å². The number of morpholine rings is 1. The second-order valence-electron chi connectivity index (χ2n) is 8.46. The Balaban J connectivity index is 1.51. The van der Waals surface area contributed by atoms with E-state index in [2.05, 4.69) is 29.6 Å². The molecule has 0 radical (unpaired) electrons. The van der Waals surface area contributed by atoms with Crippen molar-refractivity contribution in [2.24, 2.45) is 0 Å². The molecule has 1 fully saturated rings. The van der Waals surface area contributed by atoms with Crippen molar-refractivity contribution >= 4 is 17.2 Å². The van der Waals surface area contributed by atoms with Crippen molar-refractivity contribution in [2.45, 2.75) is 46.1 Å². The van der Waals surface area contributed by atoms with Gasteiger partial charge in [-0.15, -0.1) is 11.3 Å². The van der Waals surface area contributed by atoms with Gasteiger partial charge in [0.05, 0.1) is 41.6 Å². The Morgan fingerprint density at radius 1 is 1.23 bits per heavy atom. The van der Waals surface area contributed by atoms with Crippen molar-refractivity contribution in [1.82, 2.24) is 24.6 Å². The first-order chi connectivity index (χ1) is 15.0. The maximum atomic E-state index is 12.7. The average Bonchev–Trinajstić information content (AvgIpc) is 3.36. The maximum absolute atomic E-state index is 12.7. The van der Waals surface area contributed by atoms with Crippen LogP contribution in [-0.2, 0) is 28.8 Å². The van der Waals surface area contributed by atoms with E-state index in [0.29, 0.717) is 32.7 Å². The topological polar surface area (TPSA) is 73.1 Å². The van der Waals surface area contributed by atoms with E-state index >= 15 is 0 Å². The quantitative estimate of drug-likeness (QED) is 0.625. The summed E-state index contributed by atoms with van der Waals surface area (Å²) >= 11 is 1.65. The molecular formula is C23H27N5O2S. The third-order valence-electron chi connectivity index (χ3n) is 5.92. The van der Waals surface area contributed by atoms with Crippen LogP contribution in [0.25, 0.3) is 21.8 Å². The molecule has 3 aromatic heterocycles. The molecule has 7 nitrogen and oxygen atoms in total. The lowest BCUT2D eigenvalue weighted by Gasteiger charge is -2.26. The van der Waals surface area contributed by atoms with Gasteiger partial charge in [-0.2, -0.15) is 5.10 Å². The van der Waals surface area contributed by atoms with E-state index < -0.39 is 0 Å². The van der Waals surface area contributed by atoms with Crippen LogP contribution >= 0.6 is 11.3 Å². The first-order valence-corrected chi connectivity index (χ1v) is 11.7. The van der Waals surface area contributed by atoms with E-state index in [1.165, 1.54) is 10.4 Å². The standard InChI is InChI=1S/C23H27N5O2S/c1-14(2)28-22-17(21(26-28)16-5-4-15(3)24-13-16)6-7-18-23(22)31-19(25-18)12-20(29)27-8-10-30-11-9-27/h4-5,13-14H,6-12H2,1-3H3. The highest BCUT2D eigenvalue weighted by Crippen LogP contribution is 2.43. The van der Waals surface area contributed by atoms with E-state index in [0.717, 1.165) is 46.2 Å². The summed E-state index contributed by atoms with van der Waals surface area (Å²) in [6.07, 6.45) is 4.05. The van der Waals surface area contributed by atoms with E-state index in [9.17, 15) is 4.79 Å². The Morgan fingerprint density at radius 2 is 2.03 bits per heavy atom. The number of aromatic nitrogens is 4. The number of ether oxygens (including phenoxy) is 1. The van der Waals surface area contributed by atoms with E-state index in [4.69, 9.17) is 14.8 Å². The molecule has 0 saturated carbocycles. The molecular weight excluding hydrogens is 410 g/mol. The van der Waals surface area contributed by atoms with Crippen LogP contribution in [0.4, 0.5) is 0 Å². The number of hydrogen-bond donors (Lipinski definition) is 0. The predicted octanol–water partition coefficient (Wildman–Crippen LogP) is 3.46. The Morgan fingerprint density at radius 3 is 2.74 bits per heavy atom. The summed E-state index contributed by atoms with van der Waals surface area (Å²) in [5, 5.41) is 5.89. The molecule has 4 heterocycles. The molecule has 0 aromatic carbocycles. The first-order valence-electron chi connectivity index (χ1n) is 10.9. The van der Waals surface area contributed by atoms with Gasteiger partial charge in [0, 0.05) is 42.1 Å². The average molecular weight is 438 g/mol. The minimum Gasteiger partial charge on any atom is -0.378 e. The molecule has 5 rings (SSSR count). The molecule has 31 heavy (non-hydrogen) atoms. The highest BCUT2D eigenvalue weighted by Gasteiger charge is 2.30. The Hall–Kier alpha value is -2.58. The van der Waals surface area contributed by atoms with Gasteiger partial charge < -0.3 is 9.64 Å². The number of hydrogen-bond acceptors (Lipinski definition) is 6. The SMILES string of the molecule is Cc1ccc(-c2nn(C(C)C)c3c2CCc2nc(CC(=O)N4CCOCC4)sc2-3)cn1. The summed E-state index contributed by atoms with van der Waals surface area (Å²) in [5.41, 5.74) is 6.59. The molecule has 1 amide bonds. The normalized spacial score (nSPS) is 15.8. The summed E-state index contributed by atoms with van der Waals surface area (Å²) in [7, 11) is 0. The van der Waals surface area contributed by atoms with Gasteiger partial charge in [0.2, 0.25) is 5.91 Å². The van der Waals surface area contributed by atoms with Crippen molar-refractivity contribution in [1.29, 1.82) is 0 Å². The number of nitrogens with zero attached hydrogens (tertiary/aromatic N) is 5. The van der Waals surface area contributed by atoms with Gasteiger partial charge in [-0.05, 0) is 45.7 Å². The largest absolute Gasteiger partial charge is 0.378 e. The minimum absolute atomic E-state index is 0.137. The molecule has 8 heteroatoms. The van der Waals surface area contributed by atoms with Crippen molar-refractivity contribution < 1.29 is 9.53 Å². The number of aryl methyl sites for hydroxylation is 2. The summed E-state index contributed by atoms with van der Waals surface area (Å²) in [6, 6.07) is 4.36. The number of pyridine rings is 1. The lowest BCUT2D eigenvalue weighted by atomic mass is 9.95. The number of amides is 1. The van der Waals surface area contributed by atoms with Crippen LogP contribution in [0.1, 0.15) is 41.8 Å². The van der Waals surface area contributed by atoms with E-state index in [1.54, 1.807) is 11.3 Å². The summed E-state index contributed by atoms with van der Waals surface area (Å²) in [5.74, 6) is 0.137. The molecule has 1 aliphatic carbocycles. The number of rotatable bonds is 4. The molecule has 3 aromatic rings. The van der Waals surface area contributed by atoms with Gasteiger partial charge in [0.15, 0.2) is 0 Å². The Labute approximate surface area is 186 Å². The smallest absolute Gasteiger partial charge is 0.229 e. The van der Waals surface area contributed by atoms with Gasteiger partial charge in [0.1, 0.15) is 5.01 Å². The molecule has 1 aliphatic heterocycles. The minimum atomic E-state index is 0.137. The molecule has 0 spiro atoms. The predicted molar refractivity (Wildman–Crippen MR) is 120 cm³/mol. The van der Waals surface area contributed by atoms with Crippen LogP contribution in [0.15, 0.2) is 18.3 Å². The van der Waals surface area contributed by atoms with Gasteiger partial charge >= 0.3 is 0 Å².